The quantitative estimate of drug-likeness (QED) is 0.716. The maximum absolute atomic E-state index is 11.5. The number of ketones is 1. The Kier molecular flexibility index (Phi) is 5.26. The Bertz CT molecular complexity index is 360. The highest BCUT2D eigenvalue weighted by molar-refractivity contribution is 8.00. The molecule has 0 radical (unpaired) electrons. The maximum atomic E-state index is 11.5. The van der Waals surface area contributed by atoms with Gasteiger partial charge < -0.3 is 0 Å². The Morgan fingerprint density at radius 2 is 1.76 bits per heavy atom. The first-order valence-electron chi connectivity index (χ1n) is 6.20. The van der Waals surface area contributed by atoms with Crippen LogP contribution in [-0.4, -0.2) is 10.5 Å². The van der Waals surface area contributed by atoms with E-state index in [0.29, 0.717) is 18.6 Å². The Balaban J connectivity index is 2.59. The molecule has 1 rings (SSSR count). The topological polar surface area (TPSA) is 17.1 Å². The summed E-state index contributed by atoms with van der Waals surface area (Å²) in [4.78, 5) is 12.8. The van der Waals surface area contributed by atoms with Crippen LogP contribution >= 0.6 is 11.8 Å². The van der Waals surface area contributed by atoms with Crippen molar-refractivity contribution in [1.29, 1.82) is 0 Å². The molecule has 0 aliphatic heterocycles. The van der Waals surface area contributed by atoms with Gasteiger partial charge >= 0.3 is 0 Å². The summed E-state index contributed by atoms with van der Waals surface area (Å²) < 4.78 is 0.236. The van der Waals surface area contributed by atoms with E-state index in [1.807, 2.05) is 18.7 Å². The molecular weight excluding hydrogens is 228 g/mol. The van der Waals surface area contributed by atoms with Crippen LogP contribution in [0.15, 0.2) is 29.2 Å². The molecule has 0 aliphatic rings. The highest BCUT2D eigenvalue weighted by atomic mass is 32.2. The molecule has 0 atom stereocenters. The third-order valence-corrected chi connectivity index (χ3v) is 3.40. The number of carbonyl (C=O) groups excluding carboxylic acids is 1. The largest absolute Gasteiger partial charge is 0.299 e. The fourth-order valence-electron chi connectivity index (χ4n) is 1.62. The molecule has 0 spiro atoms. The normalized spacial score (nSPS) is 11.5. The second-order valence-electron chi connectivity index (χ2n) is 5.32. The van der Waals surface area contributed by atoms with Crippen molar-refractivity contribution in [2.24, 2.45) is 0 Å². The Labute approximate surface area is 109 Å². The van der Waals surface area contributed by atoms with Gasteiger partial charge in [0, 0.05) is 22.5 Å². The molecular formula is C15H22OS. The van der Waals surface area contributed by atoms with Crippen LogP contribution in [0.25, 0.3) is 0 Å². The molecule has 0 heterocycles. The van der Waals surface area contributed by atoms with Crippen LogP contribution < -0.4 is 0 Å². The fraction of sp³-hybridized carbons (Fsp3) is 0.533. The average molecular weight is 250 g/mol. The van der Waals surface area contributed by atoms with Crippen LogP contribution in [0.1, 0.15) is 46.1 Å². The van der Waals surface area contributed by atoms with Crippen LogP contribution in [-0.2, 0) is 11.2 Å². The van der Waals surface area contributed by atoms with Crippen LogP contribution in [0.5, 0.6) is 0 Å². The number of carbonyl (C=O) groups is 1. The monoisotopic (exact) mass is 250 g/mol. The van der Waals surface area contributed by atoms with Crippen LogP contribution in [0.3, 0.4) is 0 Å². The highest BCUT2D eigenvalue weighted by Gasteiger charge is 2.11. The van der Waals surface area contributed by atoms with Crippen LogP contribution in [0.2, 0.25) is 0 Å². The maximum Gasteiger partial charge on any atom is 0.137 e. The molecule has 0 saturated carbocycles. The van der Waals surface area contributed by atoms with Gasteiger partial charge in [-0.05, 0) is 24.1 Å². The first-order valence-corrected chi connectivity index (χ1v) is 7.02. The summed E-state index contributed by atoms with van der Waals surface area (Å²) in [5.74, 6) is 0.337. The number of rotatable bonds is 5. The molecule has 0 aromatic heterocycles. The molecule has 0 unspecified atom stereocenters. The van der Waals surface area contributed by atoms with Crippen molar-refractivity contribution in [3.63, 3.8) is 0 Å². The average Bonchev–Trinajstić information content (AvgIpc) is 2.19. The van der Waals surface area contributed by atoms with E-state index in [2.05, 4.69) is 45.0 Å². The van der Waals surface area contributed by atoms with E-state index in [1.165, 1.54) is 4.90 Å². The lowest BCUT2D eigenvalue weighted by Gasteiger charge is -2.17. The standard InChI is InChI=1S/C15H22OS/c1-5-6-13(16)11-12-7-9-14(10-8-12)17-15(2,3)4/h7-10H,5-6,11H2,1-4H3. The predicted octanol–water partition coefficient (Wildman–Crippen LogP) is 4.49. The van der Waals surface area contributed by atoms with Crippen molar-refractivity contribution in [3.05, 3.63) is 29.8 Å². The van der Waals surface area contributed by atoms with Crippen molar-refractivity contribution in [2.45, 2.75) is 56.6 Å². The van der Waals surface area contributed by atoms with E-state index in [1.54, 1.807) is 0 Å². The Morgan fingerprint density at radius 1 is 1.18 bits per heavy atom. The summed E-state index contributed by atoms with van der Waals surface area (Å²) in [6.07, 6.45) is 2.21. The van der Waals surface area contributed by atoms with Crippen molar-refractivity contribution in [2.75, 3.05) is 0 Å². The third kappa shape index (κ3) is 5.92. The molecule has 1 aromatic carbocycles. The molecule has 94 valence electrons. The van der Waals surface area contributed by atoms with Gasteiger partial charge in [-0.3, -0.25) is 4.79 Å². The smallest absolute Gasteiger partial charge is 0.137 e. The molecule has 2 heteroatoms. The number of hydrogen-bond acceptors (Lipinski definition) is 2. The molecule has 0 aliphatic carbocycles. The predicted molar refractivity (Wildman–Crippen MR) is 75.7 cm³/mol. The first-order chi connectivity index (χ1) is 7.90. The lowest BCUT2D eigenvalue weighted by Crippen LogP contribution is -2.06. The van der Waals surface area contributed by atoms with E-state index < -0.39 is 0 Å². The van der Waals surface area contributed by atoms with Crippen molar-refractivity contribution >= 4 is 17.5 Å². The number of hydrogen-bond donors (Lipinski definition) is 0. The summed E-state index contributed by atoms with van der Waals surface area (Å²) in [6, 6.07) is 8.37. The molecule has 0 bridgehead atoms. The van der Waals surface area contributed by atoms with Gasteiger partial charge in [-0.15, -0.1) is 11.8 Å². The van der Waals surface area contributed by atoms with Gasteiger partial charge in [0.25, 0.3) is 0 Å². The van der Waals surface area contributed by atoms with Gasteiger partial charge in [0.2, 0.25) is 0 Å². The molecule has 17 heavy (non-hydrogen) atoms. The van der Waals surface area contributed by atoms with Gasteiger partial charge in [0.15, 0.2) is 0 Å². The summed E-state index contributed by atoms with van der Waals surface area (Å²) >= 11 is 1.85. The molecule has 0 amide bonds. The van der Waals surface area contributed by atoms with Crippen molar-refractivity contribution in [1.82, 2.24) is 0 Å². The van der Waals surface area contributed by atoms with Crippen LogP contribution in [0.4, 0.5) is 0 Å². The Hall–Kier alpha value is -0.760. The molecule has 0 saturated heterocycles. The van der Waals surface area contributed by atoms with E-state index in [9.17, 15) is 4.79 Å². The van der Waals surface area contributed by atoms with Gasteiger partial charge in [-0.25, -0.2) is 0 Å². The summed E-state index contributed by atoms with van der Waals surface area (Å²) in [5.41, 5.74) is 1.13. The van der Waals surface area contributed by atoms with Gasteiger partial charge in [0.1, 0.15) is 5.78 Å². The number of benzene rings is 1. The minimum atomic E-state index is 0.236. The van der Waals surface area contributed by atoms with Gasteiger partial charge in [-0.2, -0.15) is 0 Å². The van der Waals surface area contributed by atoms with Crippen molar-refractivity contribution in [3.8, 4) is 0 Å². The zero-order chi connectivity index (χ0) is 12.9. The minimum absolute atomic E-state index is 0.236. The van der Waals surface area contributed by atoms with E-state index >= 15 is 0 Å². The molecule has 0 fully saturated rings. The zero-order valence-corrected chi connectivity index (χ0v) is 12.1. The molecule has 1 nitrogen and oxygen atoms in total. The Morgan fingerprint density at radius 3 is 2.24 bits per heavy atom. The first kappa shape index (κ1) is 14.3. The summed E-state index contributed by atoms with van der Waals surface area (Å²) in [7, 11) is 0. The van der Waals surface area contributed by atoms with Gasteiger partial charge in [-0.1, -0.05) is 39.8 Å². The van der Waals surface area contributed by atoms with E-state index in [4.69, 9.17) is 0 Å². The number of thioether (sulfide) groups is 1. The van der Waals surface area contributed by atoms with Crippen LogP contribution in [0, 0.1) is 0 Å². The number of Topliss-reactive ketones (excluding diaryl/α,β-unsaturated/α-hetero) is 1. The second kappa shape index (κ2) is 6.25. The minimum Gasteiger partial charge on any atom is -0.299 e. The van der Waals surface area contributed by atoms with Gasteiger partial charge in [0.05, 0.1) is 0 Å². The van der Waals surface area contributed by atoms with E-state index in [-0.39, 0.29) is 4.75 Å². The summed E-state index contributed by atoms with van der Waals surface area (Å²) in [5, 5.41) is 0. The lowest BCUT2D eigenvalue weighted by molar-refractivity contribution is -0.118. The zero-order valence-electron chi connectivity index (χ0n) is 11.2. The van der Waals surface area contributed by atoms with Crippen molar-refractivity contribution < 1.29 is 4.79 Å². The SMILES string of the molecule is CCCC(=O)Cc1ccc(SC(C)(C)C)cc1. The summed E-state index contributed by atoms with van der Waals surface area (Å²) in [6.45, 7) is 8.66. The molecule has 1 aromatic rings. The second-order valence-corrected chi connectivity index (χ2v) is 7.22. The third-order valence-electron chi connectivity index (χ3n) is 2.28. The lowest BCUT2D eigenvalue weighted by atomic mass is 10.1. The molecule has 0 N–H and O–H groups in total. The fourth-order valence-corrected chi connectivity index (χ4v) is 2.60. The van der Waals surface area contributed by atoms with E-state index in [0.717, 1.165) is 12.0 Å². The highest BCUT2D eigenvalue weighted by Crippen LogP contribution is 2.31.